The first-order valence-corrected chi connectivity index (χ1v) is 6.97. The van der Waals surface area contributed by atoms with E-state index < -0.39 is 6.09 Å². The average Bonchev–Trinajstić information content (AvgIpc) is 2.59. The third kappa shape index (κ3) is 4.98. The Kier molecular flexibility index (Phi) is 5.05. The Morgan fingerprint density at radius 2 is 2.05 bits per heavy atom. The molecule has 0 unspecified atom stereocenters. The number of carboxylic acid groups (broad SMARTS) is 1. The second kappa shape index (κ2) is 6.14. The van der Waals surface area contributed by atoms with Crippen LogP contribution in [0.5, 0.6) is 0 Å². The monoisotopic (exact) mass is 284 g/mol. The summed E-state index contributed by atoms with van der Waals surface area (Å²) in [6, 6.07) is 0. The van der Waals surface area contributed by atoms with Gasteiger partial charge in [0.1, 0.15) is 10.5 Å². The van der Waals surface area contributed by atoms with Crippen LogP contribution in [0, 0.1) is 0 Å². The van der Waals surface area contributed by atoms with Crippen LogP contribution in [0.15, 0.2) is 11.2 Å². The van der Waals surface area contributed by atoms with Gasteiger partial charge in [0.2, 0.25) is 0 Å². The number of carbonyl (C=O) groups excluding carboxylic acids is 1. The highest BCUT2D eigenvalue weighted by atomic mass is 32.1. The van der Waals surface area contributed by atoms with Crippen molar-refractivity contribution in [2.75, 3.05) is 0 Å². The van der Waals surface area contributed by atoms with Crippen LogP contribution in [-0.4, -0.2) is 20.9 Å². The van der Waals surface area contributed by atoms with Crippen molar-refractivity contribution in [3.05, 3.63) is 16.4 Å². The van der Waals surface area contributed by atoms with E-state index in [0.29, 0.717) is 17.5 Å². The zero-order chi connectivity index (χ0) is 14.6. The van der Waals surface area contributed by atoms with Crippen LogP contribution in [-0.2, 0) is 16.8 Å². The van der Waals surface area contributed by atoms with Gasteiger partial charge >= 0.3 is 6.09 Å². The van der Waals surface area contributed by atoms with Crippen molar-refractivity contribution >= 4 is 23.4 Å². The van der Waals surface area contributed by atoms with E-state index in [9.17, 15) is 9.59 Å². The first-order chi connectivity index (χ1) is 8.70. The van der Waals surface area contributed by atoms with Crippen LogP contribution >= 0.6 is 11.5 Å². The highest BCUT2D eigenvalue weighted by molar-refractivity contribution is 7.04. The lowest BCUT2D eigenvalue weighted by molar-refractivity contribution is -0.117. The van der Waals surface area contributed by atoms with Crippen molar-refractivity contribution in [3.63, 3.8) is 0 Å². The molecule has 0 aromatic carbocycles. The Hall–Kier alpha value is -1.43. The maximum Gasteiger partial charge on any atom is 0.432 e. The quantitative estimate of drug-likeness (QED) is 0.924. The summed E-state index contributed by atoms with van der Waals surface area (Å²) >= 11 is 1.34. The third-order valence-electron chi connectivity index (χ3n) is 2.57. The van der Waals surface area contributed by atoms with Gasteiger partial charge in [-0.3, -0.25) is 3.96 Å². The number of rotatable bonds is 4. The maximum absolute atomic E-state index is 10.9. The SMILES string of the molecule is CC(=O)CCCc1cn(C(C)(C)C)s/c1=N\C(=O)O. The van der Waals surface area contributed by atoms with Gasteiger partial charge in [-0.25, -0.2) is 4.79 Å². The number of aryl methyl sites for hydroxylation is 1. The van der Waals surface area contributed by atoms with Gasteiger partial charge in [-0.1, -0.05) is 0 Å². The fourth-order valence-corrected chi connectivity index (χ4v) is 2.61. The Balaban J connectivity index is 3.03. The molecule has 106 valence electrons. The van der Waals surface area contributed by atoms with E-state index in [1.807, 2.05) is 30.9 Å². The molecule has 0 aliphatic rings. The van der Waals surface area contributed by atoms with Gasteiger partial charge in [-0.05, 0) is 52.1 Å². The first-order valence-electron chi connectivity index (χ1n) is 6.19. The van der Waals surface area contributed by atoms with Gasteiger partial charge in [0, 0.05) is 23.7 Å². The molecule has 5 nitrogen and oxygen atoms in total. The Morgan fingerprint density at radius 3 is 2.53 bits per heavy atom. The number of hydrogen-bond acceptors (Lipinski definition) is 3. The fourth-order valence-electron chi connectivity index (χ4n) is 1.58. The first kappa shape index (κ1) is 15.6. The van der Waals surface area contributed by atoms with E-state index in [4.69, 9.17) is 5.11 Å². The molecule has 0 saturated heterocycles. The number of carbonyl (C=O) groups is 2. The molecule has 19 heavy (non-hydrogen) atoms. The minimum Gasteiger partial charge on any atom is -0.463 e. The summed E-state index contributed by atoms with van der Waals surface area (Å²) in [6.07, 6.45) is 2.66. The van der Waals surface area contributed by atoms with Crippen LogP contribution < -0.4 is 4.67 Å². The molecule has 0 bridgehead atoms. The van der Waals surface area contributed by atoms with E-state index in [-0.39, 0.29) is 11.3 Å². The van der Waals surface area contributed by atoms with Crippen molar-refractivity contribution < 1.29 is 14.7 Å². The molecule has 1 N–H and O–H groups in total. The maximum atomic E-state index is 10.9. The van der Waals surface area contributed by atoms with Gasteiger partial charge < -0.3 is 9.90 Å². The predicted octanol–water partition coefficient (Wildman–Crippen LogP) is 2.80. The van der Waals surface area contributed by atoms with Gasteiger partial charge in [-0.2, -0.15) is 4.99 Å². The van der Waals surface area contributed by atoms with Crippen molar-refractivity contribution in [1.29, 1.82) is 0 Å². The van der Waals surface area contributed by atoms with Crippen molar-refractivity contribution in [3.8, 4) is 0 Å². The Bertz CT molecular complexity index is 535. The van der Waals surface area contributed by atoms with Gasteiger partial charge in [0.05, 0.1) is 0 Å². The molecule has 1 rings (SSSR count). The average molecular weight is 284 g/mol. The number of hydrogen-bond donors (Lipinski definition) is 1. The number of amides is 1. The molecular formula is C13H20N2O3S. The Morgan fingerprint density at radius 1 is 1.42 bits per heavy atom. The molecule has 0 aliphatic heterocycles. The summed E-state index contributed by atoms with van der Waals surface area (Å²) < 4.78 is 2.52. The lowest BCUT2D eigenvalue weighted by Crippen LogP contribution is -2.18. The van der Waals surface area contributed by atoms with E-state index >= 15 is 0 Å². The second-order valence-electron chi connectivity index (χ2n) is 5.50. The van der Waals surface area contributed by atoms with E-state index in [0.717, 1.165) is 12.0 Å². The summed E-state index contributed by atoms with van der Waals surface area (Å²) in [7, 11) is 0. The van der Waals surface area contributed by atoms with E-state index in [1.54, 1.807) is 6.92 Å². The predicted molar refractivity (Wildman–Crippen MR) is 74.5 cm³/mol. The normalized spacial score (nSPS) is 12.7. The number of ketones is 1. The van der Waals surface area contributed by atoms with Crippen LogP contribution in [0.3, 0.4) is 0 Å². The van der Waals surface area contributed by atoms with Crippen LogP contribution in [0.4, 0.5) is 4.79 Å². The molecule has 0 atom stereocenters. The number of aromatic nitrogens is 1. The van der Waals surface area contributed by atoms with Gasteiger partial charge in [-0.15, -0.1) is 0 Å². The standard InChI is InChI=1S/C13H20N2O3S/c1-9(16)6-5-7-10-8-15(13(2,3)4)19-11(10)14-12(17)18/h8H,5-7H2,1-4H3,(H,17,18)/b14-11-. The fraction of sp³-hybridized carbons (Fsp3) is 0.615. The molecule has 1 heterocycles. The van der Waals surface area contributed by atoms with E-state index in [1.165, 1.54) is 11.5 Å². The summed E-state index contributed by atoms with van der Waals surface area (Å²) in [5.41, 5.74) is 0.787. The number of Topliss-reactive ketones (excluding diaryl/α,β-unsaturated/α-hetero) is 1. The van der Waals surface area contributed by atoms with Crippen LogP contribution in [0.1, 0.15) is 46.1 Å². The molecule has 1 amide bonds. The molecule has 6 heteroatoms. The second-order valence-corrected chi connectivity index (χ2v) is 6.46. The molecule has 1 aromatic rings. The van der Waals surface area contributed by atoms with Crippen molar-refractivity contribution in [1.82, 2.24) is 3.96 Å². The third-order valence-corrected chi connectivity index (χ3v) is 3.94. The molecule has 0 aliphatic carbocycles. The number of nitrogens with zero attached hydrogens (tertiary/aromatic N) is 2. The zero-order valence-electron chi connectivity index (χ0n) is 11.8. The minimum absolute atomic E-state index is 0.105. The largest absolute Gasteiger partial charge is 0.463 e. The lowest BCUT2D eigenvalue weighted by atomic mass is 10.1. The summed E-state index contributed by atoms with van der Waals surface area (Å²) in [5.74, 6) is 0.149. The molecule has 0 fully saturated rings. The Labute approximate surface area is 116 Å². The van der Waals surface area contributed by atoms with Gasteiger partial charge in [0.15, 0.2) is 0 Å². The highest BCUT2D eigenvalue weighted by Gasteiger charge is 2.16. The topological polar surface area (TPSA) is 71.7 Å². The molecule has 0 spiro atoms. The molecule has 0 saturated carbocycles. The molecular weight excluding hydrogens is 264 g/mol. The van der Waals surface area contributed by atoms with E-state index in [2.05, 4.69) is 4.99 Å². The molecule has 1 aromatic heterocycles. The summed E-state index contributed by atoms with van der Waals surface area (Å²) in [4.78, 5) is 25.3. The van der Waals surface area contributed by atoms with Crippen LogP contribution in [0.25, 0.3) is 0 Å². The smallest absolute Gasteiger partial charge is 0.432 e. The summed E-state index contributed by atoms with van der Waals surface area (Å²) in [6.45, 7) is 7.71. The van der Waals surface area contributed by atoms with Crippen LogP contribution in [0.2, 0.25) is 0 Å². The highest BCUT2D eigenvalue weighted by Crippen LogP contribution is 2.17. The van der Waals surface area contributed by atoms with Crippen molar-refractivity contribution in [2.24, 2.45) is 4.99 Å². The minimum atomic E-state index is -1.18. The van der Waals surface area contributed by atoms with Gasteiger partial charge in [0.25, 0.3) is 0 Å². The van der Waals surface area contributed by atoms with Crippen molar-refractivity contribution in [2.45, 2.75) is 52.5 Å². The molecule has 0 radical (unpaired) electrons. The zero-order valence-corrected chi connectivity index (χ0v) is 12.6. The lowest BCUT2D eigenvalue weighted by Gasteiger charge is -2.19. The summed E-state index contributed by atoms with van der Waals surface area (Å²) in [5, 5.41) is 8.79.